The summed E-state index contributed by atoms with van der Waals surface area (Å²) in [5, 5.41) is 9.41. The third-order valence-corrected chi connectivity index (χ3v) is 5.99. The number of aryl methyl sites for hydroxylation is 1. The second-order valence-electron chi connectivity index (χ2n) is 9.99. The van der Waals surface area contributed by atoms with Gasteiger partial charge in [0.15, 0.2) is 0 Å². The molecule has 1 aromatic heterocycles. The molecule has 0 saturated heterocycles. The first-order valence-electron chi connectivity index (χ1n) is 12.5. The van der Waals surface area contributed by atoms with E-state index in [1.807, 2.05) is 43.3 Å². The van der Waals surface area contributed by atoms with Gasteiger partial charge in [-0.15, -0.1) is 0 Å². The van der Waals surface area contributed by atoms with Crippen LogP contribution in [0.15, 0.2) is 65.6 Å². The Morgan fingerprint density at radius 2 is 1.68 bits per heavy atom. The number of ether oxygens (including phenoxy) is 1. The molecule has 0 saturated carbocycles. The molecule has 0 aliphatic rings. The largest absolute Gasteiger partial charge is 0.444 e. The van der Waals surface area contributed by atoms with E-state index in [9.17, 15) is 14.4 Å². The minimum Gasteiger partial charge on any atom is -0.444 e. The number of benzene rings is 2. The molecule has 0 spiro atoms. The summed E-state index contributed by atoms with van der Waals surface area (Å²) in [5.74, 6) is -0.281. The van der Waals surface area contributed by atoms with Crippen molar-refractivity contribution in [2.24, 2.45) is 0 Å². The Balaban J connectivity index is 1.60. The van der Waals surface area contributed by atoms with Gasteiger partial charge in [0, 0.05) is 48.6 Å². The second-order valence-corrected chi connectivity index (χ2v) is 10.4. The third-order valence-electron chi connectivity index (χ3n) is 5.76. The molecule has 3 N–H and O–H groups in total. The minimum atomic E-state index is -0.604. The van der Waals surface area contributed by atoms with Gasteiger partial charge in [-0.1, -0.05) is 35.9 Å². The molecule has 0 bridgehead atoms. The molecule has 2 aromatic carbocycles. The number of anilines is 1. The van der Waals surface area contributed by atoms with Gasteiger partial charge in [0.25, 0.3) is 5.56 Å². The monoisotopic (exact) mass is 538 g/mol. The smallest absolute Gasteiger partial charge is 0.407 e. The quantitative estimate of drug-likeness (QED) is 0.344. The van der Waals surface area contributed by atoms with Gasteiger partial charge in [0.05, 0.1) is 6.42 Å². The van der Waals surface area contributed by atoms with Gasteiger partial charge in [0.1, 0.15) is 5.60 Å². The summed E-state index contributed by atoms with van der Waals surface area (Å²) in [6, 6.07) is 16.9. The van der Waals surface area contributed by atoms with Crippen molar-refractivity contribution >= 4 is 29.3 Å². The number of pyridine rings is 1. The molecule has 202 valence electrons. The minimum absolute atomic E-state index is 0.0380. The predicted octanol–water partition coefficient (Wildman–Crippen LogP) is 4.81. The second kappa shape index (κ2) is 13.1. The van der Waals surface area contributed by atoms with Crippen LogP contribution in [0.25, 0.3) is 0 Å². The Labute approximate surface area is 228 Å². The van der Waals surface area contributed by atoms with E-state index in [0.29, 0.717) is 23.7 Å². The van der Waals surface area contributed by atoms with Crippen LogP contribution in [0.2, 0.25) is 5.02 Å². The van der Waals surface area contributed by atoms with Crippen LogP contribution < -0.4 is 21.5 Å². The highest BCUT2D eigenvalue weighted by atomic mass is 35.5. The van der Waals surface area contributed by atoms with Crippen LogP contribution >= 0.6 is 11.6 Å². The maximum atomic E-state index is 13.1. The van der Waals surface area contributed by atoms with Gasteiger partial charge >= 0.3 is 6.09 Å². The molecule has 38 heavy (non-hydrogen) atoms. The zero-order valence-electron chi connectivity index (χ0n) is 22.3. The molecule has 9 heteroatoms. The first-order valence-corrected chi connectivity index (χ1v) is 12.9. The number of carbonyl (C=O) groups is 2. The van der Waals surface area contributed by atoms with Gasteiger partial charge in [-0.05, 0) is 74.7 Å². The lowest BCUT2D eigenvalue weighted by atomic mass is 10.1. The number of hydrogen-bond acceptors (Lipinski definition) is 5. The Hall–Kier alpha value is -3.78. The first-order chi connectivity index (χ1) is 18.0. The van der Waals surface area contributed by atoms with Crippen molar-refractivity contribution in [3.63, 3.8) is 0 Å². The van der Waals surface area contributed by atoms with Crippen molar-refractivity contribution < 1.29 is 14.3 Å². The molecular formula is C29H35ClN4O4. The topological polar surface area (TPSA) is 101 Å². The number of nitrogens with zero attached hydrogens (tertiary/aromatic N) is 1. The molecule has 1 heterocycles. The molecule has 2 amide bonds. The van der Waals surface area contributed by atoms with Gasteiger partial charge in [-0.25, -0.2) is 4.79 Å². The van der Waals surface area contributed by atoms with E-state index in [1.54, 1.807) is 49.7 Å². The maximum absolute atomic E-state index is 13.1. The lowest BCUT2D eigenvalue weighted by molar-refractivity contribution is -0.120. The van der Waals surface area contributed by atoms with Crippen molar-refractivity contribution in [3.05, 3.63) is 98.4 Å². The van der Waals surface area contributed by atoms with E-state index < -0.39 is 11.7 Å². The number of aromatic nitrogens is 1. The number of carbonyl (C=O) groups excluding carboxylic acids is 2. The van der Waals surface area contributed by atoms with Gasteiger partial charge in [0.2, 0.25) is 5.91 Å². The molecule has 0 aliphatic carbocycles. The molecule has 8 nitrogen and oxygen atoms in total. The van der Waals surface area contributed by atoms with Crippen molar-refractivity contribution in [2.45, 2.75) is 59.4 Å². The van der Waals surface area contributed by atoms with Crippen molar-refractivity contribution in [3.8, 4) is 0 Å². The standard InChI is InChI=1S/C29H35ClN4O4/c1-20-12-14-34(15-13-31-24-8-6-5-7-9-24)27(36)25(20)17-26(35)32-19-22-16-23(30)11-10-21(22)18-33-28(37)38-29(2,3)4/h5-12,14,16,31H,13,15,17-19H2,1-4H3,(H,32,35)(H,33,37). The number of rotatable bonds is 10. The van der Waals surface area contributed by atoms with Crippen LogP contribution in [0, 0.1) is 6.92 Å². The zero-order chi connectivity index (χ0) is 27.7. The molecule has 0 fully saturated rings. The summed E-state index contributed by atoms with van der Waals surface area (Å²) in [7, 11) is 0. The Bertz CT molecular complexity index is 1320. The highest BCUT2D eigenvalue weighted by molar-refractivity contribution is 6.30. The normalized spacial score (nSPS) is 11.1. The predicted molar refractivity (Wildman–Crippen MR) is 150 cm³/mol. The third kappa shape index (κ3) is 8.95. The Kier molecular flexibility index (Phi) is 9.96. The Morgan fingerprint density at radius 1 is 0.974 bits per heavy atom. The van der Waals surface area contributed by atoms with Gasteiger partial charge in [-0.3, -0.25) is 9.59 Å². The molecule has 0 aliphatic heterocycles. The van der Waals surface area contributed by atoms with E-state index in [0.717, 1.165) is 22.4 Å². The lowest BCUT2D eigenvalue weighted by Gasteiger charge is -2.20. The molecule has 3 aromatic rings. The highest BCUT2D eigenvalue weighted by Gasteiger charge is 2.17. The van der Waals surface area contributed by atoms with Crippen LogP contribution in [0.4, 0.5) is 10.5 Å². The number of nitrogens with one attached hydrogen (secondary N) is 3. The van der Waals surface area contributed by atoms with E-state index in [4.69, 9.17) is 16.3 Å². The maximum Gasteiger partial charge on any atom is 0.407 e. The number of hydrogen-bond donors (Lipinski definition) is 3. The number of halogens is 1. The van der Waals surface area contributed by atoms with Crippen molar-refractivity contribution in [1.82, 2.24) is 15.2 Å². The first kappa shape index (κ1) is 28.8. The van der Waals surface area contributed by atoms with Crippen LogP contribution in [0.1, 0.15) is 43.0 Å². The van der Waals surface area contributed by atoms with Crippen LogP contribution in [0.5, 0.6) is 0 Å². The molecule has 0 radical (unpaired) electrons. The van der Waals surface area contributed by atoms with Gasteiger partial charge in [-0.2, -0.15) is 0 Å². The van der Waals surface area contributed by atoms with Crippen molar-refractivity contribution in [2.75, 3.05) is 11.9 Å². The Morgan fingerprint density at radius 3 is 2.39 bits per heavy atom. The summed E-state index contributed by atoms with van der Waals surface area (Å²) in [4.78, 5) is 37.9. The highest BCUT2D eigenvalue weighted by Crippen LogP contribution is 2.17. The lowest BCUT2D eigenvalue weighted by Crippen LogP contribution is -2.33. The van der Waals surface area contributed by atoms with E-state index in [2.05, 4.69) is 16.0 Å². The van der Waals surface area contributed by atoms with E-state index in [1.165, 1.54) is 0 Å². The van der Waals surface area contributed by atoms with E-state index in [-0.39, 0.29) is 31.0 Å². The average molecular weight is 539 g/mol. The summed E-state index contributed by atoms with van der Waals surface area (Å²) < 4.78 is 6.90. The molecule has 0 unspecified atom stereocenters. The fourth-order valence-electron chi connectivity index (χ4n) is 3.81. The number of alkyl carbamates (subject to hydrolysis) is 1. The summed E-state index contributed by atoms with van der Waals surface area (Å²) in [6.07, 6.45) is 1.18. The van der Waals surface area contributed by atoms with Crippen molar-refractivity contribution in [1.29, 1.82) is 0 Å². The number of amides is 2. The summed E-state index contributed by atoms with van der Waals surface area (Å²) in [5.41, 5.74) is 2.98. The van der Waals surface area contributed by atoms with E-state index >= 15 is 0 Å². The molecule has 3 rings (SSSR count). The molecule has 0 atom stereocenters. The number of para-hydroxylation sites is 1. The SMILES string of the molecule is Cc1ccn(CCNc2ccccc2)c(=O)c1CC(=O)NCc1cc(Cl)ccc1CNC(=O)OC(C)(C)C. The van der Waals surface area contributed by atoms with Crippen LogP contribution in [-0.4, -0.2) is 28.7 Å². The van der Waals surface area contributed by atoms with Crippen LogP contribution in [0.3, 0.4) is 0 Å². The fraction of sp³-hybridized carbons (Fsp3) is 0.345. The summed E-state index contributed by atoms with van der Waals surface area (Å²) in [6.45, 7) is 8.67. The zero-order valence-corrected chi connectivity index (χ0v) is 23.0. The van der Waals surface area contributed by atoms with Gasteiger partial charge < -0.3 is 25.3 Å². The fourth-order valence-corrected chi connectivity index (χ4v) is 4.00. The molecular weight excluding hydrogens is 504 g/mol. The summed E-state index contributed by atoms with van der Waals surface area (Å²) >= 11 is 6.18. The van der Waals surface area contributed by atoms with Crippen LogP contribution in [-0.2, 0) is 35.6 Å². The average Bonchev–Trinajstić information content (AvgIpc) is 2.85.